The predicted molar refractivity (Wildman–Crippen MR) is 93.5 cm³/mol. The Morgan fingerprint density at radius 3 is 2.14 bits per heavy atom. The van der Waals surface area contributed by atoms with Gasteiger partial charge in [0.05, 0.1) is 12.3 Å². The van der Waals surface area contributed by atoms with E-state index in [0.717, 1.165) is 17.4 Å². The van der Waals surface area contributed by atoms with Gasteiger partial charge in [0.2, 0.25) is 10.0 Å². The van der Waals surface area contributed by atoms with E-state index in [9.17, 15) is 8.42 Å². The summed E-state index contributed by atoms with van der Waals surface area (Å²) in [5, 5.41) is 0. The lowest BCUT2D eigenvalue weighted by atomic mass is 9.98. The number of sulfonamides is 1. The molecule has 22 heavy (non-hydrogen) atoms. The number of nitrogens with one attached hydrogen (secondary N) is 1. The van der Waals surface area contributed by atoms with Gasteiger partial charge in [-0.3, -0.25) is 4.72 Å². The summed E-state index contributed by atoms with van der Waals surface area (Å²) in [5.41, 5.74) is 20.8. The molecule has 0 amide bonds. The zero-order valence-electron chi connectivity index (χ0n) is 12.0. The van der Waals surface area contributed by atoms with Crippen molar-refractivity contribution in [2.45, 2.75) is 6.04 Å². The number of hydrogen-bond donors (Lipinski definition) is 4. The van der Waals surface area contributed by atoms with Crippen LogP contribution in [0.2, 0.25) is 0 Å². The third-order valence-electron chi connectivity index (χ3n) is 2.91. The smallest absolute Gasteiger partial charge is 0.229 e. The van der Waals surface area contributed by atoms with E-state index in [2.05, 4.69) is 4.72 Å². The molecule has 0 aliphatic heterocycles. The van der Waals surface area contributed by atoms with Crippen LogP contribution in [0.15, 0.2) is 42.5 Å². The van der Waals surface area contributed by atoms with Crippen molar-refractivity contribution in [1.82, 2.24) is 0 Å². The molecule has 0 heterocycles. The maximum Gasteiger partial charge on any atom is 0.229 e. The zero-order valence-corrected chi connectivity index (χ0v) is 13.6. The maximum atomic E-state index is 11.3. The molecule has 8 heteroatoms. The average Bonchev–Trinajstić information content (AvgIpc) is 2.35. The second-order valence-electron chi connectivity index (χ2n) is 4.91. The molecule has 1 atom stereocenters. The topological polar surface area (TPSA) is 124 Å². The van der Waals surface area contributed by atoms with E-state index >= 15 is 0 Å². The van der Waals surface area contributed by atoms with E-state index in [0.29, 0.717) is 17.1 Å². The van der Waals surface area contributed by atoms with E-state index in [1.807, 2.05) is 6.07 Å². The van der Waals surface area contributed by atoms with Crippen molar-refractivity contribution in [3.8, 4) is 0 Å². The molecule has 6 nitrogen and oxygen atoms in total. The molecule has 0 radical (unpaired) electrons. The Morgan fingerprint density at radius 1 is 1.00 bits per heavy atom. The summed E-state index contributed by atoms with van der Waals surface area (Å²) in [6.07, 6.45) is 1.10. The monoisotopic (exact) mass is 342 g/mol. The summed E-state index contributed by atoms with van der Waals surface area (Å²) in [6, 6.07) is 11.6. The highest BCUT2D eigenvalue weighted by molar-refractivity contribution is 7.92. The zero-order chi connectivity index (χ0) is 15.6. The normalized spacial score (nSPS) is 12.3. The fraction of sp³-hybridized carbons (Fsp3) is 0.143. The van der Waals surface area contributed by atoms with Gasteiger partial charge in [-0.25, -0.2) is 8.42 Å². The van der Waals surface area contributed by atoms with Gasteiger partial charge in [0, 0.05) is 17.1 Å². The van der Waals surface area contributed by atoms with Gasteiger partial charge in [0.25, 0.3) is 0 Å². The molecule has 2 aromatic rings. The number of rotatable bonds is 4. The first kappa shape index (κ1) is 18.1. The molecule has 0 aliphatic rings. The van der Waals surface area contributed by atoms with Crippen LogP contribution in [-0.4, -0.2) is 14.7 Å². The molecule has 0 saturated carbocycles. The summed E-state index contributed by atoms with van der Waals surface area (Å²) in [6.45, 7) is 0. The van der Waals surface area contributed by atoms with Crippen LogP contribution < -0.4 is 21.9 Å². The first-order valence-corrected chi connectivity index (χ1v) is 8.13. The number of nitrogens with two attached hydrogens (primary N) is 3. The number of halogens is 1. The number of hydrogen-bond acceptors (Lipinski definition) is 5. The van der Waals surface area contributed by atoms with Gasteiger partial charge in [-0.15, -0.1) is 12.4 Å². The Morgan fingerprint density at radius 2 is 1.59 bits per heavy atom. The highest BCUT2D eigenvalue weighted by Gasteiger charge is 2.11. The van der Waals surface area contributed by atoms with E-state index in [-0.39, 0.29) is 12.4 Å². The van der Waals surface area contributed by atoms with Crippen molar-refractivity contribution in [1.29, 1.82) is 0 Å². The Bertz CT molecular complexity index is 745. The standard InChI is InChI=1S/C14H18N4O2S.ClH/c1-21(19,20)18-13-4-2-3-9(7-13)14(17)10-5-11(15)8-12(16)6-10;/h2-8,14,18H,15-17H2,1H3;1H. The Kier molecular flexibility index (Phi) is 5.65. The maximum absolute atomic E-state index is 11.3. The third kappa shape index (κ3) is 4.80. The second-order valence-corrected chi connectivity index (χ2v) is 6.66. The van der Waals surface area contributed by atoms with Crippen molar-refractivity contribution in [3.63, 3.8) is 0 Å². The van der Waals surface area contributed by atoms with Crippen molar-refractivity contribution >= 4 is 39.5 Å². The van der Waals surface area contributed by atoms with Gasteiger partial charge in [-0.2, -0.15) is 0 Å². The Balaban J connectivity index is 0.00000242. The molecule has 0 fully saturated rings. The van der Waals surface area contributed by atoms with Gasteiger partial charge in [-0.1, -0.05) is 12.1 Å². The predicted octanol–water partition coefficient (Wildman–Crippen LogP) is 1.69. The summed E-state index contributed by atoms with van der Waals surface area (Å²) < 4.78 is 24.9. The quantitative estimate of drug-likeness (QED) is 0.629. The minimum Gasteiger partial charge on any atom is -0.399 e. The van der Waals surface area contributed by atoms with Crippen molar-refractivity contribution in [2.24, 2.45) is 5.73 Å². The molecule has 0 aromatic heterocycles. The van der Waals surface area contributed by atoms with Gasteiger partial charge in [0.1, 0.15) is 0 Å². The van der Waals surface area contributed by atoms with E-state index in [1.165, 1.54) is 0 Å². The number of anilines is 3. The number of nitrogen functional groups attached to an aromatic ring is 2. The van der Waals surface area contributed by atoms with Crippen LogP contribution in [0.1, 0.15) is 17.2 Å². The molecule has 120 valence electrons. The minimum absolute atomic E-state index is 0. The van der Waals surface area contributed by atoms with Gasteiger partial charge < -0.3 is 17.2 Å². The van der Waals surface area contributed by atoms with Crippen molar-refractivity contribution < 1.29 is 8.42 Å². The molecule has 0 aliphatic carbocycles. The van der Waals surface area contributed by atoms with E-state index < -0.39 is 16.1 Å². The van der Waals surface area contributed by atoms with Crippen LogP contribution in [0.4, 0.5) is 17.1 Å². The molecular weight excluding hydrogens is 324 g/mol. The minimum atomic E-state index is -3.33. The molecule has 7 N–H and O–H groups in total. The highest BCUT2D eigenvalue weighted by atomic mass is 35.5. The van der Waals surface area contributed by atoms with Crippen LogP contribution >= 0.6 is 12.4 Å². The average molecular weight is 343 g/mol. The second kappa shape index (κ2) is 6.87. The van der Waals surface area contributed by atoms with E-state index in [1.54, 1.807) is 36.4 Å². The van der Waals surface area contributed by atoms with Crippen LogP contribution in [0.25, 0.3) is 0 Å². The Hall–Kier alpha value is -1.96. The first-order valence-electron chi connectivity index (χ1n) is 6.24. The molecular formula is C14H19ClN4O2S. The molecule has 2 aromatic carbocycles. The molecule has 0 saturated heterocycles. The van der Waals surface area contributed by atoms with E-state index in [4.69, 9.17) is 17.2 Å². The van der Waals surface area contributed by atoms with Crippen LogP contribution in [-0.2, 0) is 10.0 Å². The van der Waals surface area contributed by atoms with Crippen LogP contribution in [0.5, 0.6) is 0 Å². The summed E-state index contributed by atoms with van der Waals surface area (Å²) in [4.78, 5) is 0. The Labute approximate surface area is 136 Å². The molecule has 2 rings (SSSR count). The van der Waals surface area contributed by atoms with Gasteiger partial charge >= 0.3 is 0 Å². The summed E-state index contributed by atoms with van der Waals surface area (Å²) in [5.74, 6) is 0. The van der Waals surface area contributed by atoms with Crippen LogP contribution in [0, 0.1) is 0 Å². The molecule has 0 bridgehead atoms. The SMILES string of the molecule is CS(=O)(=O)Nc1cccc(C(N)c2cc(N)cc(N)c2)c1.Cl. The number of benzene rings is 2. The fourth-order valence-electron chi connectivity index (χ4n) is 2.08. The van der Waals surface area contributed by atoms with Gasteiger partial charge in [0.15, 0.2) is 0 Å². The first-order chi connectivity index (χ1) is 9.74. The highest BCUT2D eigenvalue weighted by Crippen LogP contribution is 2.25. The van der Waals surface area contributed by atoms with Gasteiger partial charge in [-0.05, 0) is 41.5 Å². The van der Waals surface area contributed by atoms with Crippen molar-refractivity contribution in [3.05, 3.63) is 53.6 Å². The lowest BCUT2D eigenvalue weighted by molar-refractivity contribution is 0.607. The summed E-state index contributed by atoms with van der Waals surface area (Å²) >= 11 is 0. The third-order valence-corrected chi connectivity index (χ3v) is 3.51. The lowest BCUT2D eigenvalue weighted by Gasteiger charge is -2.15. The largest absolute Gasteiger partial charge is 0.399 e. The summed E-state index contributed by atoms with van der Waals surface area (Å²) in [7, 11) is -3.33. The molecule has 0 spiro atoms. The van der Waals surface area contributed by atoms with Crippen molar-refractivity contribution in [2.75, 3.05) is 22.4 Å². The van der Waals surface area contributed by atoms with Crippen LogP contribution in [0.3, 0.4) is 0 Å². The fourth-order valence-corrected chi connectivity index (χ4v) is 2.64. The lowest BCUT2D eigenvalue weighted by Crippen LogP contribution is -2.14. The molecule has 1 unspecified atom stereocenters.